The number of nitrogens with zero attached hydrogens (tertiary/aromatic N) is 5. The second-order valence-electron chi connectivity index (χ2n) is 13.2. The van der Waals surface area contributed by atoms with Crippen LogP contribution in [0.5, 0.6) is 5.75 Å². The van der Waals surface area contributed by atoms with Crippen molar-refractivity contribution in [2.24, 2.45) is 5.92 Å². The minimum absolute atomic E-state index is 0.0491. The van der Waals surface area contributed by atoms with E-state index in [0.29, 0.717) is 60.9 Å². The van der Waals surface area contributed by atoms with E-state index >= 15 is 4.39 Å². The fourth-order valence-corrected chi connectivity index (χ4v) is 7.29. The maximum absolute atomic E-state index is 15.0. The number of benzene rings is 1. The van der Waals surface area contributed by atoms with Crippen molar-refractivity contribution < 1.29 is 39.5 Å². The van der Waals surface area contributed by atoms with E-state index < -0.39 is 36.8 Å². The molecule has 5 atom stereocenters. The second kappa shape index (κ2) is 16.2. The van der Waals surface area contributed by atoms with Crippen molar-refractivity contribution in [1.82, 2.24) is 19.8 Å². The Balaban J connectivity index is 1.04. The molecule has 260 valence electrons. The molecular weight excluding hydrogens is 633 g/mol. The highest BCUT2D eigenvalue weighted by Gasteiger charge is 2.48. The van der Waals surface area contributed by atoms with Crippen LogP contribution in [-0.2, 0) is 11.2 Å². The summed E-state index contributed by atoms with van der Waals surface area (Å²) in [7, 11) is 0. The molecule has 1 unspecified atom stereocenters. The lowest BCUT2D eigenvalue weighted by Crippen LogP contribution is -2.54. The molecule has 3 aliphatic rings. The van der Waals surface area contributed by atoms with Gasteiger partial charge in [-0.3, -0.25) is 9.69 Å². The zero-order valence-electron chi connectivity index (χ0n) is 26.6. The molecule has 3 aliphatic heterocycles. The van der Waals surface area contributed by atoms with Crippen LogP contribution in [-0.4, -0.2) is 134 Å². The number of aliphatic hydroxyl groups is 5. The number of amides is 1. The Hall–Kier alpha value is -2.65. The summed E-state index contributed by atoms with van der Waals surface area (Å²) in [5.41, 5.74) is -0.0760. The van der Waals surface area contributed by atoms with Gasteiger partial charge >= 0.3 is 0 Å². The predicted octanol–water partition coefficient (Wildman–Crippen LogP) is 1.39. The molecule has 47 heavy (non-hydrogen) atoms. The zero-order valence-corrected chi connectivity index (χ0v) is 27.4. The Morgan fingerprint density at radius 3 is 2.47 bits per heavy atom. The average Bonchev–Trinajstić information content (AvgIpc) is 3.69. The van der Waals surface area contributed by atoms with Crippen LogP contribution in [0.25, 0.3) is 0 Å². The van der Waals surface area contributed by atoms with Crippen molar-refractivity contribution >= 4 is 23.5 Å². The van der Waals surface area contributed by atoms with Gasteiger partial charge in [0.15, 0.2) is 0 Å². The molecule has 4 heterocycles. The van der Waals surface area contributed by atoms with E-state index in [9.17, 15) is 25.2 Å². The largest absolute Gasteiger partial charge is 0.493 e. The quantitative estimate of drug-likeness (QED) is 0.184. The first-order chi connectivity index (χ1) is 22.6. The summed E-state index contributed by atoms with van der Waals surface area (Å²) in [4.78, 5) is 27.8. The maximum atomic E-state index is 15.0. The van der Waals surface area contributed by atoms with Gasteiger partial charge in [-0.2, -0.15) is 0 Å². The number of aliphatic hydroxyl groups excluding tert-OH is 5. The van der Waals surface area contributed by atoms with Crippen LogP contribution < -0.4 is 9.64 Å². The average molecular weight is 680 g/mol. The Morgan fingerprint density at radius 1 is 1.04 bits per heavy atom. The minimum atomic E-state index is -1.69. The molecule has 3 saturated heterocycles. The van der Waals surface area contributed by atoms with Crippen LogP contribution in [0.3, 0.4) is 0 Å². The number of ether oxygens (including phenoxy) is 1. The van der Waals surface area contributed by atoms with Crippen molar-refractivity contribution in [1.29, 1.82) is 0 Å². The summed E-state index contributed by atoms with van der Waals surface area (Å²) < 4.78 is 20.9. The molecular formula is C33H47ClFN5O7. The van der Waals surface area contributed by atoms with Gasteiger partial charge in [0.1, 0.15) is 29.9 Å². The molecule has 1 amide bonds. The Morgan fingerprint density at radius 2 is 1.77 bits per heavy atom. The van der Waals surface area contributed by atoms with Crippen LogP contribution in [0.1, 0.15) is 50.5 Å². The van der Waals surface area contributed by atoms with Crippen LogP contribution in [0.4, 0.5) is 10.3 Å². The van der Waals surface area contributed by atoms with Gasteiger partial charge in [-0.15, -0.1) is 0 Å². The smallest absolute Gasteiger partial charge is 0.227 e. The minimum Gasteiger partial charge on any atom is -0.493 e. The number of rotatable bonds is 14. The van der Waals surface area contributed by atoms with Crippen molar-refractivity contribution in [3.05, 3.63) is 47.0 Å². The molecule has 0 radical (unpaired) electrons. The van der Waals surface area contributed by atoms with Gasteiger partial charge in [0, 0.05) is 44.3 Å². The number of β-amino-alcohol motifs (C(OH)–C–C–N with tert-alkyl or cyclic N) is 1. The van der Waals surface area contributed by atoms with Crippen LogP contribution in [0, 0.1) is 11.7 Å². The summed E-state index contributed by atoms with van der Waals surface area (Å²) >= 11 is 5.89. The molecule has 12 nitrogen and oxygen atoms in total. The molecule has 1 aromatic carbocycles. The van der Waals surface area contributed by atoms with Crippen LogP contribution in [0.2, 0.25) is 5.02 Å². The number of anilines is 1. The predicted molar refractivity (Wildman–Crippen MR) is 173 cm³/mol. The highest BCUT2D eigenvalue weighted by Crippen LogP contribution is 2.38. The number of aromatic nitrogens is 2. The van der Waals surface area contributed by atoms with Gasteiger partial charge in [-0.05, 0) is 69.0 Å². The summed E-state index contributed by atoms with van der Waals surface area (Å²) in [6.45, 7) is 3.15. The number of carbonyl (C=O) groups excluding carboxylic acids is 1. The van der Waals surface area contributed by atoms with Gasteiger partial charge in [0.25, 0.3) is 0 Å². The summed E-state index contributed by atoms with van der Waals surface area (Å²) in [6, 6.07) is 4.65. The van der Waals surface area contributed by atoms with E-state index in [0.717, 1.165) is 51.6 Å². The van der Waals surface area contributed by atoms with Crippen molar-refractivity contribution in [2.45, 2.75) is 81.3 Å². The maximum Gasteiger partial charge on any atom is 0.227 e. The van der Waals surface area contributed by atoms with E-state index in [4.69, 9.17) is 21.4 Å². The fraction of sp³-hybridized carbons (Fsp3) is 0.667. The van der Waals surface area contributed by atoms with E-state index in [1.165, 1.54) is 6.07 Å². The van der Waals surface area contributed by atoms with Gasteiger partial charge < -0.3 is 40.1 Å². The molecule has 3 fully saturated rings. The van der Waals surface area contributed by atoms with E-state index in [-0.39, 0.29) is 24.4 Å². The standard InChI is InChI=1S/C33H47ClFN5O7/c34-24-17-36-32(37-18-24)38-11-6-22(7-12-38)3-1-14-47-25-5-4-23(26(35)16-25)15-29(44)39-13-9-33(21-39)8-2-10-40(33)19-27(42)30(45)31(46)28(43)20-41/h4-5,16-18,22,27-28,30-31,41-43,45-46H,1-3,6-15,19-21H2/t27-,28+,30+,31+,33?/m1/s1. The molecule has 0 aliphatic carbocycles. The molecule has 14 heteroatoms. The van der Waals surface area contributed by atoms with Gasteiger partial charge in [-0.25, -0.2) is 14.4 Å². The SMILES string of the molecule is O=C(Cc1ccc(OCCCC2CCN(c3ncc(Cl)cn3)CC2)cc1F)N1CCC2(CCCN2C[C@@H](O)[C@H](O)[C@@H](O)[C@@H](O)CO)C1. The molecule has 0 saturated carbocycles. The third-order valence-electron chi connectivity index (χ3n) is 10.1. The highest BCUT2D eigenvalue weighted by atomic mass is 35.5. The zero-order chi connectivity index (χ0) is 33.6. The van der Waals surface area contributed by atoms with E-state index in [1.807, 2.05) is 4.90 Å². The van der Waals surface area contributed by atoms with Crippen LogP contribution >= 0.6 is 11.6 Å². The number of piperidine rings is 1. The topological polar surface area (TPSA) is 163 Å². The third kappa shape index (κ3) is 8.88. The third-order valence-corrected chi connectivity index (χ3v) is 10.2. The van der Waals surface area contributed by atoms with Gasteiger partial charge in [0.2, 0.25) is 11.9 Å². The molecule has 1 spiro atoms. The monoisotopic (exact) mass is 679 g/mol. The number of hydrogen-bond acceptors (Lipinski definition) is 11. The molecule has 0 bridgehead atoms. The highest BCUT2D eigenvalue weighted by molar-refractivity contribution is 6.30. The number of hydrogen-bond donors (Lipinski definition) is 5. The van der Waals surface area contributed by atoms with Crippen molar-refractivity contribution in [2.75, 3.05) is 57.4 Å². The Labute approximate surface area is 279 Å². The Bertz CT molecular complexity index is 1320. The lowest BCUT2D eigenvalue weighted by atomic mass is 9.92. The second-order valence-corrected chi connectivity index (χ2v) is 13.6. The summed E-state index contributed by atoms with van der Waals surface area (Å²) in [5.74, 6) is 1.07. The molecule has 2 aromatic rings. The summed E-state index contributed by atoms with van der Waals surface area (Å²) in [6.07, 6.45) is 3.22. The van der Waals surface area contributed by atoms with E-state index in [2.05, 4.69) is 14.9 Å². The van der Waals surface area contributed by atoms with Crippen molar-refractivity contribution in [3.63, 3.8) is 0 Å². The first-order valence-corrected chi connectivity index (χ1v) is 17.0. The molecule has 5 N–H and O–H groups in total. The molecule has 1 aromatic heterocycles. The normalized spacial score (nSPS) is 23.3. The lowest BCUT2D eigenvalue weighted by Gasteiger charge is -2.38. The first kappa shape index (κ1) is 35.7. The van der Waals surface area contributed by atoms with Crippen LogP contribution in [0.15, 0.2) is 30.6 Å². The van der Waals surface area contributed by atoms with Gasteiger partial charge in [-0.1, -0.05) is 17.7 Å². The number of halogens is 2. The van der Waals surface area contributed by atoms with Gasteiger partial charge in [0.05, 0.1) is 43.2 Å². The summed E-state index contributed by atoms with van der Waals surface area (Å²) in [5, 5.41) is 50.0. The van der Waals surface area contributed by atoms with E-state index in [1.54, 1.807) is 29.4 Å². The number of carbonyl (C=O) groups is 1. The Kier molecular flexibility index (Phi) is 12.3. The lowest BCUT2D eigenvalue weighted by molar-refractivity contribution is -0.130. The first-order valence-electron chi connectivity index (χ1n) is 16.6. The fourth-order valence-electron chi connectivity index (χ4n) is 7.20. The van der Waals surface area contributed by atoms with Crippen molar-refractivity contribution in [3.8, 4) is 5.75 Å². The number of likely N-dealkylation sites (tertiary alicyclic amines) is 2. The molecule has 5 rings (SSSR count).